The minimum Gasteiger partial charge on any atom is -0.487 e. The summed E-state index contributed by atoms with van der Waals surface area (Å²) in [7, 11) is 0. The fourth-order valence-corrected chi connectivity index (χ4v) is 6.55. The van der Waals surface area contributed by atoms with Crippen molar-refractivity contribution in [1.82, 2.24) is 19.4 Å². The average molecular weight is 466 g/mol. The molecule has 0 atom stereocenters. The molecular weight excluding hydrogens is 442 g/mol. The zero-order valence-corrected chi connectivity index (χ0v) is 19.1. The summed E-state index contributed by atoms with van der Waals surface area (Å²) in [6, 6.07) is 6.18. The fraction of sp³-hybridized carbons (Fsp3) is 0.391. The van der Waals surface area contributed by atoms with Gasteiger partial charge in [-0.15, -0.1) is 11.3 Å². The van der Waals surface area contributed by atoms with Gasteiger partial charge in [-0.2, -0.15) is 0 Å². The Hall–Kier alpha value is -2.65. The number of ether oxygens (including phenoxy) is 1. The minimum absolute atomic E-state index is 0.268. The van der Waals surface area contributed by atoms with Crippen LogP contribution < -0.4 is 10.5 Å². The summed E-state index contributed by atoms with van der Waals surface area (Å²) in [5.74, 6) is 1.17. The normalized spacial score (nSPS) is 18.2. The van der Waals surface area contributed by atoms with E-state index in [2.05, 4.69) is 27.1 Å². The molecule has 7 nitrogen and oxygen atoms in total. The van der Waals surface area contributed by atoms with Crippen molar-refractivity contribution >= 4 is 45.0 Å². The van der Waals surface area contributed by atoms with Crippen LogP contribution in [0.2, 0.25) is 0 Å². The number of nitrogens with zero attached hydrogens (tertiary/aromatic N) is 4. The summed E-state index contributed by atoms with van der Waals surface area (Å²) in [6.07, 6.45) is 13.4. The van der Waals surface area contributed by atoms with Crippen LogP contribution in [0.25, 0.3) is 16.0 Å². The van der Waals surface area contributed by atoms with Crippen molar-refractivity contribution in [3.05, 3.63) is 41.8 Å². The monoisotopic (exact) mass is 465 g/mol. The van der Waals surface area contributed by atoms with Crippen molar-refractivity contribution in [2.75, 3.05) is 0 Å². The van der Waals surface area contributed by atoms with Gasteiger partial charge in [-0.05, 0) is 56.7 Å². The van der Waals surface area contributed by atoms with Gasteiger partial charge in [-0.3, -0.25) is 9.20 Å². The van der Waals surface area contributed by atoms with Gasteiger partial charge in [0, 0.05) is 4.90 Å². The largest absolute Gasteiger partial charge is 0.487 e. The molecule has 2 fully saturated rings. The number of amides is 1. The molecule has 0 aliphatic heterocycles. The average Bonchev–Trinajstić information content (AvgIpc) is 3.37. The molecule has 1 aromatic carbocycles. The maximum atomic E-state index is 11.9. The minimum atomic E-state index is -0.543. The molecule has 2 aliphatic rings. The van der Waals surface area contributed by atoms with Crippen molar-refractivity contribution in [3.8, 4) is 5.75 Å². The predicted molar refractivity (Wildman–Crippen MR) is 124 cm³/mol. The fourth-order valence-electron chi connectivity index (χ4n) is 4.33. The molecule has 3 aromatic heterocycles. The van der Waals surface area contributed by atoms with Gasteiger partial charge in [0.25, 0.3) is 0 Å². The van der Waals surface area contributed by atoms with E-state index in [4.69, 9.17) is 10.5 Å². The SMILES string of the molecule is NC(=O)C1(c2nc3ccc(Sc4cnc5ncc(OC6CCCCC6)cn45)cc3s2)CC1. The topological polar surface area (TPSA) is 95.4 Å². The number of carbonyl (C=O) groups is 1. The molecule has 4 aromatic rings. The first-order valence-electron chi connectivity index (χ1n) is 11.0. The Morgan fingerprint density at radius 1 is 1.19 bits per heavy atom. The lowest BCUT2D eigenvalue weighted by atomic mass is 9.98. The maximum absolute atomic E-state index is 11.9. The molecule has 32 heavy (non-hydrogen) atoms. The number of thiazole rings is 1. The summed E-state index contributed by atoms with van der Waals surface area (Å²) in [6.45, 7) is 0. The lowest BCUT2D eigenvalue weighted by Crippen LogP contribution is -2.28. The van der Waals surface area contributed by atoms with E-state index in [1.54, 1.807) is 29.3 Å². The first-order valence-corrected chi connectivity index (χ1v) is 12.6. The number of primary amides is 1. The highest BCUT2D eigenvalue weighted by molar-refractivity contribution is 7.99. The Kier molecular flexibility index (Phi) is 4.83. The number of benzene rings is 1. The van der Waals surface area contributed by atoms with E-state index in [0.717, 1.165) is 56.6 Å². The summed E-state index contributed by atoms with van der Waals surface area (Å²) in [5.41, 5.74) is 5.99. The van der Waals surface area contributed by atoms with Crippen LogP contribution in [0.5, 0.6) is 5.75 Å². The molecule has 0 bridgehead atoms. The molecule has 1 amide bonds. The third kappa shape index (κ3) is 3.53. The lowest BCUT2D eigenvalue weighted by molar-refractivity contribution is -0.120. The highest BCUT2D eigenvalue weighted by Crippen LogP contribution is 2.50. The smallest absolute Gasteiger partial charge is 0.234 e. The maximum Gasteiger partial charge on any atom is 0.234 e. The van der Waals surface area contributed by atoms with Gasteiger partial charge in [0.2, 0.25) is 11.7 Å². The molecule has 0 radical (unpaired) electrons. The Bertz CT molecular complexity index is 1320. The third-order valence-electron chi connectivity index (χ3n) is 6.38. The van der Waals surface area contributed by atoms with E-state index in [-0.39, 0.29) is 12.0 Å². The summed E-state index contributed by atoms with van der Waals surface area (Å²) >= 11 is 3.19. The van der Waals surface area contributed by atoms with Crippen LogP contribution in [0, 0.1) is 0 Å². The molecule has 164 valence electrons. The van der Waals surface area contributed by atoms with Crippen LogP contribution in [0.4, 0.5) is 0 Å². The summed E-state index contributed by atoms with van der Waals surface area (Å²) < 4.78 is 9.24. The molecule has 6 rings (SSSR count). The number of imidazole rings is 1. The molecule has 3 heterocycles. The third-order valence-corrected chi connectivity index (χ3v) is 8.60. The number of nitrogens with two attached hydrogens (primary N) is 1. The van der Waals surface area contributed by atoms with Gasteiger partial charge in [-0.1, -0.05) is 18.2 Å². The molecule has 2 N–H and O–H groups in total. The predicted octanol–water partition coefficient (Wildman–Crippen LogP) is 4.72. The van der Waals surface area contributed by atoms with Crippen molar-refractivity contribution in [3.63, 3.8) is 0 Å². The molecule has 0 saturated heterocycles. The van der Waals surface area contributed by atoms with Gasteiger partial charge in [-0.25, -0.2) is 15.0 Å². The molecule has 0 spiro atoms. The van der Waals surface area contributed by atoms with Crippen LogP contribution in [0.15, 0.2) is 46.7 Å². The van der Waals surface area contributed by atoms with Crippen molar-refractivity contribution in [2.24, 2.45) is 5.73 Å². The van der Waals surface area contributed by atoms with Crippen LogP contribution in [0.1, 0.15) is 50.0 Å². The van der Waals surface area contributed by atoms with Gasteiger partial charge in [0.15, 0.2) is 5.75 Å². The molecule has 2 saturated carbocycles. The van der Waals surface area contributed by atoms with Crippen LogP contribution >= 0.6 is 23.1 Å². The number of carbonyl (C=O) groups excluding carboxylic acids is 1. The van der Waals surface area contributed by atoms with E-state index in [9.17, 15) is 4.79 Å². The first kappa shape index (κ1) is 20.0. The Morgan fingerprint density at radius 3 is 2.78 bits per heavy atom. The number of rotatable bonds is 6. The van der Waals surface area contributed by atoms with Crippen LogP contribution in [-0.4, -0.2) is 31.4 Å². The number of aromatic nitrogens is 4. The zero-order valence-electron chi connectivity index (χ0n) is 17.5. The van der Waals surface area contributed by atoms with Crippen molar-refractivity contribution in [2.45, 2.75) is 66.4 Å². The van der Waals surface area contributed by atoms with E-state index in [0.29, 0.717) is 5.78 Å². The second kappa shape index (κ2) is 7.74. The Balaban J connectivity index is 1.26. The number of fused-ring (bicyclic) bond motifs is 2. The molecule has 2 aliphatic carbocycles. The van der Waals surface area contributed by atoms with E-state index >= 15 is 0 Å². The molecule has 0 unspecified atom stereocenters. The van der Waals surface area contributed by atoms with Gasteiger partial charge in [0.1, 0.15) is 15.4 Å². The van der Waals surface area contributed by atoms with E-state index in [1.807, 2.05) is 22.9 Å². The van der Waals surface area contributed by atoms with Gasteiger partial charge in [0.05, 0.1) is 34.9 Å². The Morgan fingerprint density at radius 2 is 2.00 bits per heavy atom. The van der Waals surface area contributed by atoms with Crippen LogP contribution in [-0.2, 0) is 10.2 Å². The number of hydrogen-bond acceptors (Lipinski definition) is 7. The summed E-state index contributed by atoms with van der Waals surface area (Å²) in [4.78, 5) is 26.6. The van der Waals surface area contributed by atoms with E-state index < -0.39 is 5.41 Å². The van der Waals surface area contributed by atoms with Gasteiger partial charge >= 0.3 is 0 Å². The molecule has 9 heteroatoms. The lowest BCUT2D eigenvalue weighted by Gasteiger charge is -2.22. The highest BCUT2D eigenvalue weighted by Gasteiger charge is 2.52. The Labute approximate surface area is 193 Å². The first-order chi connectivity index (χ1) is 15.6. The molecular formula is C23H23N5O2S2. The highest BCUT2D eigenvalue weighted by atomic mass is 32.2. The zero-order chi connectivity index (χ0) is 21.7. The number of hydrogen-bond donors (Lipinski definition) is 1. The van der Waals surface area contributed by atoms with Crippen molar-refractivity contribution < 1.29 is 9.53 Å². The van der Waals surface area contributed by atoms with Gasteiger partial charge < -0.3 is 10.5 Å². The van der Waals surface area contributed by atoms with Crippen molar-refractivity contribution in [1.29, 1.82) is 0 Å². The van der Waals surface area contributed by atoms with Crippen LogP contribution in [0.3, 0.4) is 0 Å². The quantitative estimate of drug-likeness (QED) is 0.443. The second-order valence-electron chi connectivity index (χ2n) is 8.63. The standard InChI is InChI=1S/C23H23N5O2S2/c24-20(29)23(8-9-23)21-27-17-7-6-16(10-18(17)32-21)31-19-12-26-22-25-11-15(13-28(19)22)30-14-4-2-1-3-5-14/h6-7,10-14H,1-5,8-9H2,(H2,24,29). The summed E-state index contributed by atoms with van der Waals surface area (Å²) in [5, 5.41) is 1.81. The van der Waals surface area contributed by atoms with E-state index in [1.165, 1.54) is 19.3 Å². The second-order valence-corrected chi connectivity index (χ2v) is 10.8.